The standard InChI is InChI=1S/C9H10BF3N/c1-2-9-4-3-8(7-14-9)5-6-10(11,12)13/h3-7H,2H2,1H3/q-1/b6-5+. The van der Waals surface area contributed by atoms with Gasteiger partial charge in [-0.25, -0.2) is 0 Å². The minimum atomic E-state index is -4.85. The molecule has 1 aromatic heterocycles. The zero-order chi connectivity index (χ0) is 10.6. The smallest absolute Gasteiger partial charge is 0.445 e. The molecule has 5 heteroatoms. The summed E-state index contributed by atoms with van der Waals surface area (Å²) in [5.74, 6) is 0.267. The SMILES string of the molecule is CCc1ccc(/C=C/[B-](F)(F)F)cn1. The van der Waals surface area contributed by atoms with Gasteiger partial charge >= 0.3 is 6.98 Å². The van der Waals surface area contributed by atoms with Crippen molar-refractivity contribution in [3.8, 4) is 0 Å². The zero-order valence-electron chi connectivity index (χ0n) is 7.75. The molecule has 0 N–H and O–H groups in total. The molecule has 0 amide bonds. The highest BCUT2D eigenvalue weighted by Crippen LogP contribution is 2.12. The molecule has 0 aliphatic heterocycles. The van der Waals surface area contributed by atoms with Gasteiger partial charge < -0.3 is 12.9 Å². The molecule has 14 heavy (non-hydrogen) atoms. The minimum absolute atomic E-state index is 0.267. The Morgan fingerprint density at radius 1 is 1.36 bits per heavy atom. The fourth-order valence-electron chi connectivity index (χ4n) is 0.964. The van der Waals surface area contributed by atoms with Crippen molar-refractivity contribution in [3.63, 3.8) is 0 Å². The largest absolute Gasteiger partial charge is 0.502 e. The molecule has 0 saturated carbocycles. The van der Waals surface area contributed by atoms with Crippen LogP contribution in [0.15, 0.2) is 24.3 Å². The molecule has 1 nitrogen and oxygen atoms in total. The Kier molecular flexibility index (Phi) is 3.33. The second-order valence-electron chi connectivity index (χ2n) is 2.92. The van der Waals surface area contributed by atoms with Crippen LogP contribution in [0.5, 0.6) is 0 Å². The van der Waals surface area contributed by atoms with Gasteiger partial charge in [0.1, 0.15) is 0 Å². The molecule has 1 rings (SSSR count). The summed E-state index contributed by atoms with van der Waals surface area (Å²) < 4.78 is 35.5. The summed E-state index contributed by atoms with van der Waals surface area (Å²) in [7, 11) is 0. The number of hydrogen-bond acceptors (Lipinski definition) is 1. The van der Waals surface area contributed by atoms with Crippen LogP contribution in [-0.4, -0.2) is 12.0 Å². The average Bonchev–Trinajstić information content (AvgIpc) is 2.14. The summed E-state index contributed by atoms with van der Waals surface area (Å²) in [4.78, 5) is 3.99. The third kappa shape index (κ3) is 3.64. The molecule has 0 saturated heterocycles. The Labute approximate surface area is 80.7 Å². The summed E-state index contributed by atoms with van der Waals surface area (Å²) in [6.07, 6.45) is 3.26. The van der Waals surface area contributed by atoms with E-state index in [9.17, 15) is 12.9 Å². The highest BCUT2D eigenvalue weighted by Gasteiger charge is 2.16. The van der Waals surface area contributed by atoms with E-state index in [0.717, 1.165) is 18.2 Å². The van der Waals surface area contributed by atoms with E-state index in [-0.39, 0.29) is 5.98 Å². The van der Waals surface area contributed by atoms with Crippen LogP contribution < -0.4 is 0 Å². The van der Waals surface area contributed by atoms with Crippen LogP contribution >= 0.6 is 0 Å². The summed E-state index contributed by atoms with van der Waals surface area (Å²) in [6, 6.07) is 3.35. The minimum Gasteiger partial charge on any atom is -0.445 e. The zero-order valence-corrected chi connectivity index (χ0v) is 7.75. The molecule has 0 radical (unpaired) electrons. The highest BCUT2D eigenvalue weighted by molar-refractivity contribution is 6.64. The maximum Gasteiger partial charge on any atom is 0.502 e. The van der Waals surface area contributed by atoms with Gasteiger partial charge in [0.2, 0.25) is 0 Å². The van der Waals surface area contributed by atoms with Gasteiger partial charge in [-0.1, -0.05) is 19.1 Å². The maximum atomic E-state index is 11.8. The van der Waals surface area contributed by atoms with Crippen LogP contribution in [0.4, 0.5) is 12.9 Å². The molecule has 0 unspecified atom stereocenters. The van der Waals surface area contributed by atoms with Crippen molar-refractivity contribution >= 4 is 13.1 Å². The Morgan fingerprint density at radius 2 is 2.07 bits per heavy atom. The summed E-state index contributed by atoms with van der Waals surface area (Å²) in [5.41, 5.74) is 1.35. The molecule has 0 aromatic carbocycles. The van der Waals surface area contributed by atoms with Crippen LogP contribution in [0.2, 0.25) is 0 Å². The van der Waals surface area contributed by atoms with E-state index < -0.39 is 6.98 Å². The molecule has 76 valence electrons. The number of aromatic nitrogens is 1. The number of halogens is 3. The fraction of sp³-hybridized carbons (Fsp3) is 0.222. The van der Waals surface area contributed by atoms with Crippen molar-refractivity contribution < 1.29 is 12.9 Å². The lowest BCUT2D eigenvalue weighted by atomic mass is 9.91. The first-order valence-corrected chi connectivity index (χ1v) is 4.35. The first-order valence-electron chi connectivity index (χ1n) is 4.35. The van der Waals surface area contributed by atoms with Gasteiger partial charge in [0.15, 0.2) is 0 Å². The van der Waals surface area contributed by atoms with E-state index in [0.29, 0.717) is 5.56 Å². The lowest BCUT2D eigenvalue weighted by molar-refractivity contribution is 0.499. The van der Waals surface area contributed by atoms with Gasteiger partial charge in [0.25, 0.3) is 0 Å². The average molecular weight is 200 g/mol. The molecular formula is C9H10BF3N-. The topological polar surface area (TPSA) is 12.9 Å². The van der Waals surface area contributed by atoms with Crippen molar-refractivity contribution in [2.24, 2.45) is 0 Å². The molecule has 1 heterocycles. The molecule has 0 bridgehead atoms. The van der Waals surface area contributed by atoms with Crippen LogP contribution in [-0.2, 0) is 6.42 Å². The number of aryl methyl sites for hydroxylation is 1. The summed E-state index contributed by atoms with van der Waals surface area (Å²) in [6.45, 7) is -2.91. The first kappa shape index (κ1) is 10.8. The number of pyridine rings is 1. The third-order valence-electron chi connectivity index (χ3n) is 1.72. The van der Waals surface area contributed by atoms with Crippen LogP contribution in [0, 0.1) is 0 Å². The monoisotopic (exact) mass is 200 g/mol. The molecule has 0 atom stereocenters. The lowest BCUT2D eigenvalue weighted by Gasteiger charge is -2.06. The third-order valence-corrected chi connectivity index (χ3v) is 1.72. The van der Waals surface area contributed by atoms with Crippen molar-refractivity contribution in [3.05, 3.63) is 35.6 Å². The maximum absolute atomic E-state index is 11.8. The Balaban J connectivity index is 2.74. The van der Waals surface area contributed by atoms with E-state index in [1.807, 2.05) is 6.92 Å². The quantitative estimate of drug-likeness (QED) is 0.683. The molecule has 0 spiro atoms. The Hall–Kier alpha value is -1.26. The van der Waals surface area contributed by atoms with Crippen LogP contribution in [0.3, 0.4) is 0 Å². The predicted octanol–water partition coefficient (Wildman–Crippen LogP) is 3.04. The Bertz CT molecular complexity index is 316. The van der Waals surface area contributed by atoms with E-state index >= 15 is 0 Å². The summed E-state index contributed by atoms with van der Waals surface area (Å²) in [5, 5.41) is 0. The molecule has 0 fully saturated rings. The van der Waals surface area contributed by atoms with Gasteiger partial charge in [0.05, 0.1) is 0 Å². The van der Waals surface area contributed by atoms with Gasteiger partial charge in [-0.2, -0.15) is 0 Å². The van der Waals surface area contributed by atoms with Gasteiger partial charge in [-0.15, -0.1) is 5.98 Å². The van der Waals surface area contributed by atoms with E-state index in [1.165, 1.54) is 6.20 Å². The van der Waals surface area contributed by atoms with Crippen molar-refractivity contribution in [1.82, 2.24) is 4.98 Å². The predicted molar refractivity (Wildman–Crippen MR) is 51.7 cm³/mol. The number of rotatable bonds is 3. The van der Waals surface area contributed by atoms with Crippen LogP contribution in [0.1, 0.15) is 18.2 Å². The first-order chi connectivity index (χ1) is 6.51. The number of nitrogens with zero attached hydrogens (tertiary/aromatic N) is 1. The van der Waals surface area contributed by atoms with Gasteiger partial charge in [-0.05, 0) is 18.1 Å². The lowest BCUT2D eigenvalue weighted by Crippen LogP contribution is -2.09. The summed E-state index contributed by atoms with van der Waals surface area (Å²) >= 11 is 0. The molecule has 0 aliphatic rings. The van der Waals surface area contributed by atoms with Crippen LogP contribution in [0.25, 0.3) is 6.08 Å². The fourth-order valence-corrected chi connectivity index (χ4v) is 0.964. The van der Waals surface area contributed by atoms with Crippen molar-refractivity contribution in [2.45, 2.75) is 13.3 Å². The van der Waals surface area contributed by atoms with E-state index in [1.54, 1.807) is 12.1 Å². The molecule has 0 aliphatic carbocycles. The van der Waals surface area contributed by atoms with E-state index in [4.69, 9.17) is 0 Å². The second kappa shape index (κ2) is 4.31. The van der Waals surface area contributed by atoms with Crippen molar-refractivity contribution in [1.29, 1.82) is 0 Å². The normalized spacial score (nSPS) is 12.3. The number of hydrogen-bond donors (Lipinski definition) is 0. The second-order valence-corrected chi connectivity index (χ2v) is 2.92. The molecule has 1 aromatic rings. The molecular weight excluding hydrogens is 190 g/mol. The van der Waals surface area contributed by atoms with Gasteiger partial charge in [-0.3, -0.25) is 4.98 Å². The Morgan fingerprint density at radius 3 is 2.50 bits per heavy atom. The highest BCUT2D eigenvalue weighted by atomic mass is 19.4. The van der Waals surface area contributed by atoms with E-state index in [2.05, 4.69) is 4.98 Å². The van der Waals surface area contributed by atoms with Gasteiger partial charge in [0, 0.05) is 11.9 Å². The van der Waals surface area contributed by atoms with Crippen molar-refractivity contribution in [2.75, 3.05) is 0 Å².